The van der Waals surface area contributed by atoms with Gasteiger partial charge in [-0.05, 0) is 62.4 Å². The Bertz CT molecular complexity index is 376. The normalized spacial score (nSPS) is 19.3. The molecule has 94 valence electrons. The summed E-state index contributed by atoms with van der Waals surface area (Å²) in [6.45, 7) is 5.42. The zero-order valence-electron chi connectivity index (χ0n) is 10.5. The van der Waals surface area contributed by atoms with E-state index in [1.165, 1.54) is 0 Å². The molecule has 1 aromatic carbocycles. The summed E-state index contributed by atoms with van der Waals surface area (Å²) in [6.07, 6.45) is 1.50. The summed E-state index contributed by atoms with van der Waals surface area (Å²) >= 11 is 0. The lowest BCUT2D eigenvalue weighted by Crippen LogP contribution is -2.30. The lowest BCUT2D eigenvalue weighted by atomic mass is 9.87. The van der Waals surface area contributed by atoms with Crippen molar-refractivity contribution in [2.24, 2.45) is 5.92 Å². The highest BCUT2D eigenvalue weighted by atomic mass is 19.1. The average Bonchev–Trinajstić information content (AvgIpc) is 2.35. The van der Waals surface area contributed by atoms with E-state index in [2.05, 4.69) is 5.32 Å². The van der Waals surface area contributed by atoms with Gasteiger partial charge in [0.2, 0.25) is 0 Å². The van der Waals surface area contributed by atoms with Gasteiger partial charge in [0, 0.05) is 0 Å². The number of hydrogen-bond donors (Lipinski definition) is 2. The van der Waals surface area contributed by atoms with Gasteiger partial charge < -0.3 is 10.4 Å². The summed E-state index contributed by atoms with van der Waals surface area (Å²) < 4.78 is 13.5. The van der Waals surface area contributed by atoms with Crippen LogP contribution in [0.15, 0.2) is 12.1 Å². The molecule has 2 nitrogen and oxygen atoms in total. The van der Waals surface area contributed by atoms with Gasteiger partial charge in [-0.1, -0.05) is 12.1 Å². The molecule has 0 radical (unpaired) electrons. The molecule has 1 fully saturated rings. The van der Waals surface area contributed by atoms with Crippen LogP contribution in [0.2, 0.25) is 0 Å². The Balaban J connectivity index is 2.21. The van der Waals surface area contributed by atoms with E-state index in [9.17, 15) is 9.50 Å². The number of piperidine rings is 1. The largest absolute Gasteiger partial charge is 0.388 e. The maximum atomic E-state index is 13.5. The Labute approximate surface area is 102 Å². The first-order valence-corrected chi connectivity index (χ1v) is 6.25. The molecule has 17 heavy (non-hydrogen) atoms. The van der Waals surface area contributed by atoms with Crippen molar-refractivity contribution in [2.45, 2.75) is 32.8 Å². The van der Waals surface area contributed by atoms with E-state index in [0.29, 0.717) is 17.0 Å². The van der Waals surface area contributed by atoms with Crippen LogP contribution in [0.25, 0.3) is 0 Å². The molecule has 0 aromatic heterocycles. The highest BCUT2D eigenvalue weighted by Crippen LogP contribution is 2.30. The van der Waals surface area contributed by atoms with E-state index in [4.69, 9.17) is 0 Å². The van der Waals surface area contributed by atoms with E-state index in [-0.39, 0.29) is 5.82 Å². The Hall–Kier alpha value is -0.930. The molecule has 0 spiro atoms. The lowest BCUT2D eigenvalue weighted by Gasteiger charge is -2.28. The molecule has 1 aliphatic heterocycles. The Morgan fingerprint density at radius 1 is 1.24 bits per heavy atom. The van der Waals surface area contributed by atoms with Crippen LogP contribution in [-0.4, -0.2) is 18.2 Å². The number of rotatable bonds is 2. The number of aliphatic hydroxyl groups is 1. The van der Waals surface area contributed by atoms with Crippen molar-refractivity contribution in [3.63, 3.8) is 0 Å². The third-order valence-corrected chi connectivity index (χ3v) is 3.63. The molecule has 1 aliphatic rings. The summed E-state index contributed by atoms with van der Waals surface area (Å²) in [6, 6.07) is 3.55. The van der Waals surface area contributed by atoms with Gasteiger partial charge in [-0.2, -0.15) is 0 Å². The maximum absolute atomic E-state index is 13.5. The highest BCUT2D eigenvalue weighted by Gasteiger charge is 2.23. The molecule has 1 heterocycles. The molecule has 1 aromatic rings. The number of benzene rings is 1. The first-order valence-electron chi connectivity index (χ1n) is 6.25. The fourth-order valence-electron chi connectivity index (χ4n) is 2.58. The van der Waals surface area contributed by atoms with Crippen molar-refractivity contribution in [3.05, 3.63) is 34.6 Å². The summed E-state index contributed by atoms with van der Waals surface area (Å²) in [5.74, 6) is 0.131. The molecule has 2 rings (SSSR count). The molecule has 3 heteroatoms. The van der Waals surface area contributed by atoms with Crippen molar-refractivity contribution in [2.75, 3.05) is 13.1 Å². The first-order chi connectivity index (χ1) is 8.09. The van der Waals surface area contributed by atoms with Crippen molar-refractivity contribution in [3.8, 4) is 0 Å². The average molecular weight is 237 g/mol. The standard InChI is InChI=1S/C14H20FNO/c1-9-7-12(8-10(2)13(9)15)14(17)11-3-5-16-6-4-11/h7-8,11,14,16-17H,3-6H2,1-2H3. The van der Waals surface area contributed by atoms with Crippen molar-refractivity contribution in [1.29, 1.82) is 0 Å². The van der Waals surface area contributed by atoms with E-state index < -0.39 is 6.10 Å². The van der Waals surface area contributed by atoms with Crippen molar-refractivity contribution >= 4 is 0 Å². The minimum absolute atomic E-state index is 0.161. The van der Waals surface area contributed by atoms with Crippen LogP contribution in [0.1, 0.15) is 35.6 Å². The van der Waals surface area contributed by atoms with E-state index in [0.717, 1.165) is 31.5 Å². The molecule has 0 bridgehead atoms. The van der Waals surface area contributed by atoms with E-state index in [1.807, 2.05) is 0 Å². The zero-order valence-corrected chi connectivity index (χ0v) is 10.5. The molecule has 0 aliphatic carbocycles. The van der Waals surface area contributed by atoms with Crippen LogP contribution in [-0.2, 0) is 0 Å². The second kappa shape index (κ2) is 5.15. The second-order valence-corrected chi connectivity index (χ2v) is 5.00. The summed E-state index contributed by atoms with van der Waals surface area (Å²) in [4.78, 5) is 0. The molecule has 1 unspecified atom stereocenters. The Kier molecular flexibility index (Phi) is 3.79. The highest BCUT2D eigenvalue weighted by molar-refractivity contribution is 5.32. The van der Waals surface area contributed by atoms with Gasteiger partial charge in [-0.3, -0.25) is 0 Å². The van der Waals surface area contributed by atoms with Gasteiger partial charge in [0.1, 0.15) is 5.82 Å². The van der Waals surface area contributed by atoms with Crippen LogP contribution in [0, 0.1) is 25.6 Å². The van der Waals surface area contributed by atoms with Crippen molar-refractivity contribution in [1.82, 2.24) is 5.32 Å². The maximum Gasteiger partial charge on any atom is 0.129 e. The monoisotopic (exact) mass is 237 g/mol. The zero-order chi connectivity index (χ0) is 12.4. The Morgan fingerprint density at radius 2 is 1.76 bits per heavy atom. The van der Waals surface area contributed by atoms with Gasteiger partial charge in [0.25, 0.3) is 0 Å². The molecule has 0 saturated carbocycles. The Morgan fingerprint density at radius 3 is 2.29 bits per heavy atom. The van der Waals surface area contributed by atoms with Gasteiger partial charge in [-0.15, -0.1) is 0 Å². The quantitative estimate of drug-likeness (QED) is 0.828. The number of aryl methyl sites for hydroxylation is 2. The molecule has 1 saturated heterocycles. The third kappa shape index (κ3) is 2.67. The minimum Gasteiger partial charge on any atom is -0.388 e. The fourth-order valence-corrected chi connectivity index (χ4v) is 2.58. The topological polar surface area (TPSA) is 32.3 Å². The van der Waals surface area contributed by atoms with Gasteiger partial charge in [0.05, 0.1) is 6.10 Å². The minimum atomic E-state index is -0.463. The van der Waals surface area contributed by atoms with Crippen molar-refractivity contribution < 1.29 is 9.50 Å². The number of hydrogen-bond acceptors (Lipinski definition) is 2. The van der Waals surface area contributed by atoms with E-state index >= 15 is 0 Å². The molecular weight excluding hydrogens is 217 g/mol. The predicted molar refractivity (Wildman–Crippen MR) is 66.4 cm³/mol. The van der Waals surface area contributed by atoms with Crippen LogP contribution in [0.5, 0.6) is 0 Å². The number of halogens is 1. The van der Waals surface area contributed by atoms with Crippen LogP contribution < -0.4 is 5.32 Å². The predicted octanol–water partition coefficient (Wildman–Crippen LogP) is 2.48. The molecule has 1 atom stereocenters. The van der Waals surface area contributed by atoms with Gasteiger partial charge >= 0.3 is 0 Å². The van der Waals surface area contributed by atoms with Crippen LogP contribution >= 0.6 is 0 Å². The molecular formula is C14H20FNO. The first kappa shape index (κ1) is 12.5. The molecule has 2 N–H and O–H groups in total. The van der Waals surface area contributed by atoms with Crippen LogP contribution in [0.3, 0.4) is 0 Å². The molecule has 0 amide bonds. The summed E-state index contributed by atoms with van der Waals surface area (Å²) in [7, 11) is 0. The summed E-state index contributed by atoms with van der Waals surface area (Å²) in [5.41, 5.74) is 2.09. The van der Waals surface area contributed by atoms with Gasteiger partial charge in [0.15, 0.2) is 0 Å². The lowest BCUT2D eigenvalue weighted by molar-refractivity contribution is 0.0887. The fraction of sp³-hybridized carbons (Fsp3) is 0.571. The SMILES string of the molecule is Cc1cc(C(O)C2CCNCC2)cc(C)c1F. The third-order valence-electron chi connectivity index (χ3n) is 3.63. The van der Waals surface area contributed by atoms with E-state index in [1.54, 1.807) is 26.0 Å². The smallest absolute Gasteiger partial charge is 0.129 e. The second-order valence-electron chi connectivity index (χ2n) is 5.00. The number of aliphatic hydroxyl groups excluding tert-OH is 1. The number of nitrogens with one attached hydrogen (secondary N) is 1. The van der Waals surface area contributed by atoms with Crippen LogP contribution in [0.4, 0.5) is 4.39 Å². The summed E-state index contributed by atoms with van der Waals surface area (Å²) in [5, 5.41) is 13.6. The van der Waals surface area contributed by atoms with Gasteiger partial charge in [-0.25, -0.2) is 4.39 Å².